The van der Waals surface area contributed by atoms with Crippen molar-refractivity contribution in [3.8, 4) is 0 Å². The highest BCUT2D eigenvalue weighted by Gasteiger charge is 2.13. The normalized spacial score (nSPS) is 14.7. The van der Waals surface area contributed by atoms with E-state index in [2.05, 4.69) is 10.3 Å². The van der Waals surface area contributed by atoms with Gasteiger partial charge in [0, 0.05) is 18.8 Å². The van der Waals surface area contributed by atoms with Gasteiger partial charge in [-0.05, 0) is 18.9 Å². The van der Waals surface area contributed by atoms with Crippen LogP contribution in [0.15, 0.2) is 12.3 Å². The zero-order valence-electron chi connectivity index (χ0n) is 8.67. The number of nitrogens with zero attached hydrogens (tertiary/aromatic N) is 1. The molecule has 0 aromatic carbocycles. The van der Waals surface area contributed by atoms with E-state index in [1.807, 2.05) is 13.8 Å². The molecule has 1 aromatic rings. The molecule has 2 unspecified atom stereocenters. The van der Waals surface area contributed by atoms with Gasteiger partial charge in [0.1, 0.15) is 5.82 Å². The molecule has 0 aliphatic carbocycles. The van der Waals surface area contributed by atoms with Crippen molar-refractivity contribution in [3.63, 3.8) is 0 Å². The summed E-state index contributed by atoms with van der Waals surface area (Å²) in [6.45, 7) is 4.04. The van der Waals surface area contributed by atoms with Gasteiger partial charge < -0.3 is 10.4 Å². The Bertz CT molecular complexity index is 333. The largest absolute Gasteiger partial charge is 0.396 e. The van der Waals surface area contributed by atoms with Gasteiger partial charge in [0.25, 0.3) is 0 Å². The molecule has 2 N–H and O–H groups in total. The smallest absolute Gasteiger partial charge is 0.145 e. The summed E-state index contributed by atoms with van der Waals surface area (Å²) in [6, 6.07) is 1.73. The van der Waals surface area contributed by atoms with Gasteiger partial charge in [-0.3, -0.25) is 0 Å². The lowest BCUT2D eigenvalue weighted by molar-refractivity contribution is 0.226. The number of aromatic nitrogens is 1. The Morgan fingerprint density at radius 1 is 1.47 bits per heavy atom. The zero-order chi connectivity index (χ0) is 11.4. The summed E-state index contributed by atoms with van der Waals surface area (Å²) in [4.78, 5) is 4.08. The first-order valence-corrected chi connectivity index (χ1v) is 5.48. The predicted molar refractivity (Wildman–Crippen MR) is 63.6 cm³/mol. The molecule has 15 heavy (non-hydrogen) atoms. The highest BCUT2D eigenvalue weighted by molar-refractivity contribution is 6.35. The van der Waals surface area contributed by atoms with Gasteiger partial charge >= 0.3 is 0 Å². The second-order valence-corrected chi connectivity index (χ2v) is 4.42. The standard InChI is InChI=1S/C10H14Cl2N2O/c1-6(5-15)7(2)14-10-9(12)3-8(11)4-13-10/h3-4,6-7,15H,5H2,1-2H3,(H,13,14). The molecule has 0 fully saturated rings. The van der Waals surface area contributed by atoms with E-state index in [4.69, 9.17) is 28.3 Å². The lowest BCUT2D eigenvalue weighted by Crippen LogP contribution is -2.26. The number of aliphatic hydroxyl groups is 1. The van der Waals surface area contributed by atoms with Crippen molar-refractivity contribution in [2.24, 2.45) is 5.92 Å². The van der Waals surface area contributed by atoms with Gasteiger partial charge in [-0.1, -0.05) is 30.1 Å². The quantitative estimate of drug-likeness (QED) is 0.862. The fourth-order valence-electron chi connectivity index (χ4n) is 1.04. The average molecular weight is 249 g/mol. The Morgan fingerprint density at radius 3 is 2.67 bits per heavy atom. The third-order valence-corrected chi connectivity index (χ3v) is 2.81. The molecule has 1 heterocycles. The number of aliphatic hydroxyl groups excluding tert-OH is 1. The summed E-state index contributed by atoms with van der Waals surface area (Å²) in [5.41, 5.74) is 0. The monoisotopic (exact) mass is 248 g/mol. The van der Waals surface area contributed by atoms with Gasteiger partial charge in [-0.25, -0.2) is 4.98 Å². The Morgan fingerprint density at radius 2 is 2.13 bits per heavy atom. The van der Waals surface area contributed by atoms with Gasteiger partial charge in [-0.15, -0.1) is 0 Å². The molecule has 0 saturated heterocycles. The minimum Gasteiger partial charge on any atom is -0.396 e. The van der Waals surface area contributed by atoms with E-state index in [9.17, 15) is 0 Å². The molecular formula is C10H14Cl2N2O. The lowest BCUT2D eigenvalue weighted by atomic mass is 10.1. The first-order chi connectivity index (χ1) is 7.04. The van der Waals surface area contributed by atoms with Crippen LogP contribution in [0.5, 0.6) is 0 Å². The number of pyridine rings is 1. The van der Waals surface area contributed by atoms with E-state index in [0.717, 1.165) is 0 Å². The summed E-state index contributed by atoms with van der Waals surface area (Å²) < 4.78 is 0. The van der Waals surface area contributed by atoms with E-state index in [1.165, 1.54) is 6.20 Å². The number of halogens is 2. The van der Waals surface area contributed by atoms with E-state index in [0.29, 0.717) is 15.9 Å². The van der Waals surface area contributed by atoms with Crippen LogP contribution in [0.1, 0.15) is 13.8 Å². The van der Waals surface area contributed by atoms with Crippen LogP contribution in [0.2, 0.25) is 10.0 Å². The minimum atomic E-state index is 0.0983. The molecule has 0 saturated carbocycles. The van der Waals surface area contributed by atoms with Gasteiger partial charge in [0.05, 0.1) is 10.0 Å². The molecule has 5 heteroatoms. The summed E-state index contributed by atoms with van der Waals surface area (Å²) in [6.07, 6.45) is 1.53. The topological polar surface area (TPSA) is 45.1 Å². The lowest BCUT2D eigenvalue weighted by Gasteiger charge is -2.20. The number of hydrogen-bond acceptors (Lipinski definition) is 3. The molecule has 0 amide bonds. The highest BCUT2D eigenvalue weighted by Crippen LogP contribution is 2.23. The van der Waals surface area contributed by atoms with E-state index < -0.39 is 0 Å². The van der Waals surface area contributed by atoms with Crippen molar-refractivity contribution in [2.75, 3.05) is 11.9 Å². The molecule has 1 rings (SSSR count). The summed E-state index contributed by atoms with van der Waals surface area (Å²) >= 11 is 11.7. The Hall–Kier alpha value is -0.510. The molecule has 0 bridgehead atoms. The fourth-order valence-corrected chi connectivity index (χ4v) is 1.47. The van der Waals surface area contributed by atoms with Crippen molar-refractivity contribution in [3.05, 3.63) is 22.3 Å². The highest BCUT2D eigenvalue weighted by atomic mass is 35.5. The molecule has 0 spiro atoms. The molecule has 0 aliphatic heterocycles. The van der Waals surface area contributed by atoms with Crippen LogP contribution < -0.4 is 5.32 Å². The third-order valence-electron chi connectivity index (χ3n) is 2.31. The van der Waals surface area contributed by atoms with Crippen LogP contribution in [-0.2, 0) is 0 Å². The summed E-state index contributed by atoms with van der Waals surface area (Å²) in [5, 5.41) is 13.1. The first-order valence-electron chi connectivity index (χ1n) is 4.73. The third kappa shape index (κ3) is 3.52. The number of rotatable bonds is 4. The Labute approximate surface area is 99.4 Å². The van der Waals surface area contributed by atoms with Gasteiger partial charge in [0.2, 0.25) is 0 Å². The number of nitrogens with one attached hydrogen (secondary N) is 1. The van der Waals surface area contributed by atoms with Crippen LogP contribution in [-0.4, -0.2) is 22.7 Å². The van der Waals surface area contributed by atoms with E-state index in [-0.39, 0.29) is 18.6 Å². The maximum absolute atomic E-state index is 8.98. The maximum Gasteiger partial charge on any atom is 0.145 e. The molecule has 3 nitrogen and oxygen atoms in total. The molecule has 1 aromatic heterocycles. The second kappa shape index (κ2) is 5.54. The number of anilines is 1. The van der Waals surface area contributed by atoms with Crippen molar-refractivity contribution < 1.29 is 5.11 Å². The van der Waals surface area contributed by atoms with Gasteiger partial charge in [0.15, 0.2) is 0 Å². The van der Waals surface area contributed by atoms with Gasteiger partial charge in [-0.2, -0.15) is 0 Å². The van der Waals surface area contributed by atoms with Crippen LogP contribution in [0.3, 0.4) is 0 Å². The van der Waals surface area contributed by atoms with E-state index in [1.54, 1.807) is 6.07 Å². The van der Waals surface area contributed by atoms with Crippen LogP contribution in [0.25, 0.3) is 0 Å². The zero-order valence-corrected chi connectivity index (χ0v) is 10.2. The van der Waals surface area contributed by atoms with Crippen molar-refractivity contribution in [1.29, 1.82) is 0 Å². The summed E-state index contributed by atoms with van der Waals surface area (Å²) in [7, 11) is 0. The Kier molecular flexibility index (Phi) is 4.64. The SMILES string of the molecule is CC(CO)C(C)Nc1ncc(Cl)cc1Cl. The van der Waals surface area contributed by atoms with Crippen LogP contribution >= 0.6 is 23.2 Å². The molecular weight excluding hydrogens is 235 g/mol. The Balaban J connectivity index is 2.72. The predicted octanol–water partition coefficient (Wildman–Crippen LogP) is 2.82. The molecule has 2 atom stereocenters. The van der Waals surface area contributed by atoms with Crippen LogP contribution in [0, 0.1) is 5.92 Å². The van der Waals surface area contributed by atoms with Crippen molar-refractivity contribution in [2.45, 2.75) is 19.9 Å². The summed E-state index contributed by atoms with van der Waals surface area (Å²) in [5.74, 6) is 0.729. The van der Waals surface area contributed by atoms with Crippen molar-refractivity contribution in [1.82, 2.24) is 4.98 Å². The minimum absolute atomic E-state index is 0.0983. The fraction of sp³-hybridized carbons (Fsp3) is 0.500. The van der Waals surface area contributed by atoms with Crippen LogP contribution in [0.4, 0.5) is 5.82 Å². The maximum atomic E-state index is 8.98. The van der Waals surface area contributed by atoms with E-state index >= 15 is 0 Å². The number of hydrogen-bond donors (Lipinski definition) is 2. The second-order valence-electron chi connectivity index (χ2n) is 3.58. The average Bonchev–Trinajstić information content (AvgIpc) is 2.20. The molecule has 0 radical (unpaired) electrons. The van der Waals surface area contributed by atoms with Crippen molar-refractivity contribution >= 4 is 29.0 Å². The molecule has 84 valence electrons. The molecule has 0 aliphatic rings. The first kappa shape index (κ1) is 12.6.